The molecule has 0 radical (unpaired) electrons. The number of rotatable bonds is 3. The summed E-state index contributed by atoms with van der Waals surface area (Å²) in [5, 5.41) is 1.13. The van der Waals surface area contributed by atoms with E-state index in [1.807, 2.05) is 0 Å². The number of alkyl halides is 1. The molecule has 2 aromatic rings. The van der Waals surface area contributed by atoms with E-state index < -0.39 is 0 Å². The molecule has 1 nitrogen and oxygen atoms in total. The standard InChI is InChI=1S/C16H18ClNS/c1-11-18-16(15(19-11)8-9-17)14-7-6-12-4-2-3-5-13(12)10-14/h6-7,10H,2-5,8-9H2,1H3. The molecule has 0 saturated carbocycles. The van der Waals surface area contributed by atoms with Crippen LogP contribution in [-0.2, 0) is 19.3 Å². The maximum Gasteiger partial charge on any atom is 0.0904 e. The predicted molar refractivity (Wildman–Crippen MR) is 83.4 cm³/mol. The van der Waals surface area contributed by atoms with Gasteiger partial charge in [0.25, 0.3) is 0 Å². The number of fused-ring (bicyclic) bond motifs is 1. The average molecular weight is 292 g/mol. The lowest BCUT2D eigenvalue weighted by molar-refractivity contribution is 0.686. The van der Waals surface area contributed by atoms with E-state index in [0.717, 1.165) is 17.1 Å². The first kappa shape index (κ1) is 13.1. The minimum atomic E-state index is 0.666. The van der Waals surface area contributed by atoms with Crippen LogP contribution >= 0.6 is 22.9 Å². The summed E-state index contributed by atoms with van der Waals surface area (Å²) in [6.45, 7) is 2.07. The van der Waals surface area contributed by atoms with Gasteiger partial charge in [-0.05, 0) is 56.2 Å². The van der Waals surface area contributed by atoms with Crippen molar-refractivity contribution in [2.45, 2.75) is 39.0 Å². The molecule has 0 saturated heterocycles. The van der Waals surface area contributed by atoms with E-state index in [9.17, 15) is 0 Å². The largest absolute Gasteiger partial charge is 0.241 e. The van der Waals surface area contributed by atoms with Crippen LogP contribution in [0.4, 0.5) is 0 Å². The van der Waals surface area contributed by atoms with E-state index in [1.54, 1.807) is 11.3 Å². The number of hydrogen-bond donors (Lipinski definition) is 0. The van der Waals surface area contributed by atoms with Crippen LogP contribution in [-0.4, -0.2) is 10.9 Å². The zero-order chi connectivity index (χ0) is 13.2. The molecule has 100 valence electrons. The summed E-state index contributed by atoms with van der Waals surface area (Å²) in [4.78, 5) is 6.03. The summed E-state index contributed by atoms with van der Waals surface area (Å²) in [6.07, 6.45) is 6.03. The van der Waals surface area contributed by atoms with Gasteiger partial charge in [-0.25, -0.2) is 4.98 Å². The molecule has 0 fully saturated rings. The Morgan fingerprint density at radius 1 is 1.21 bits per heavy atom. The van der Waals surface area contributed by atoms with Gasteiger partial charge in [-0.2, -0.15) is 0 Å². The monoisotopic (exact) mass is 291 g/mol. The molecule has 1 aromatic heterocycles. The lowest BCUT2D eigenvalue weighted by Gasteiger charge is -2.16. The highest BCUT2D eigenvalue weighted by molar-refractivity contribution is 7.12. The molecule has 1 aliphatic rings. The minimum absolute atomic E-state index is 0.666. The molecular formula is C16H18ClNS. The highest BCUT2D eigenvalue weighted by Gasteiger charge is 2.14. The summed E-state index contributed by atoms with van der Waals surface area (Å²) in [7, 11) is 0. The number of aromatic nitrogens is 1. The zero-order valence-corrected chi connectivity index (χ0v) is 12.8. The van der Waals surface area contributed by atoms with Crippen molar-refractivity contribution < 1.29 is 0 Å². The van der Waals surface area contributed by atoms with Gasteiger partial charge in [0.2, 0.25) is 0 Å². The van der Waals surface area contributed by atoms with Gasteiger partial charge in [0.05, 0.1) is 10.7 Å². The molecule has 0 spiro atoms. The third-order valence-corrected chi connectivity index (χ3v) is 4.97. The molecule has 3 heteroatoms. The molecule has 0 N–H and O–H groups in total. The van der Waals surface area contributed by atoms with E-state index in [0.29, 0.717) is 5.88 Å². The van der Waals surface area contributed by atoms with Gasteiger partial charge in [0.1, 0.15) is 0 Å². The van der Waals surface area contributed by atoms with Gasteiger partial charge in [-0.1, -0.05) is 12.1 Å². The maximum absolute atomic E-state index is 5.90. The highest BCUT2D eigenvalue weighted by atomic mass is 35.5. The highest BCUT2D eigenvalue weighted by Crippen LogP contribution is 2.32. The molecule has 3 rings (SSSR count). The van der Waals surface area contributed by atoms with Crippen LogP contribution in [0.15, 0.2) is 18.2 Å². The van der Waals surface area contributed by atoms with Gasteiger partial charge in [-0.15, -0.1) is 22.9 Å². The summed E-state index contributed by atoms with van der Waals surface area (Å²) in [5.41, 5.74) is 5.47. The van der Waals surface area contributed by atoms with Gasteiger partial charge in [0.15, 0.2) is 0 Å². The average Bonchev–Trinajstić information content (AvgIpc) is 2.80. The number of hydrogen-bond acceptors (Lipinski definition) is 2. The van der Waals surface area contributed by atoms with Crippen molar-refractivity contribution in [1.82, 2.24) is 4.98 Å². The second-order valence-corrected chi connectivity index (χ2v) is 6.80. The van der Waals surface area contributed by atoms with Crippen molar-refractivity contribution in [3.05, 3.63) is 39.2 Å². The van der Waals surface area contributed by atoms with Crippen molar-refractivity contribution in [2.75, 3.05) is 5.88 Å². The van der Waals surface area contributed by atoms with E-state index >= 15 is 0 Å². The van der Waals surface area contributed by atoms with Crippen LogP contribution in [0, 0.1) is 6.92 Å². The van der Waals surface area contributed by atoms with Crippen LogP contribution in [0.3, 0.4) is 0 Å². The smallest absolute Gasteiger partial charge is 0.0904 e. The molecule has 19 heavy (non-hydrogen) atoms. The Morgan fingerprint density at radius 2 is 2.00 bits per heavy atom. The zero-order valence-electron chi connectivity index (χ0n) is 11.2. The quantitative estimate of drug-likeness (QED) is 0.742. The Hall–Kier alpha value is -0.860. The van der Waals surface area contributed by atoms with Crippen LogP contribution < -0.4 is 0 Å². The third kappa shape index (κ3) is 2.70. The van der Waals surface area contributed by atoms with Crippen molar-refractivity contribution >= 4 is 22.9 Å². The predicted octanol–water partition coefficient (Wildman–Crippen LogP) is 4.78. The first-order chi connectivity index (χ1) is 9.28. The molecule has 0 bridgehead atoms. The second-order valence-electron chi connectivity index (χ2n) is 5.13. The number of thiazole rings is 1. The van der Waals surface area contributed by atoms with Crippen molar-refractivity contribution in [3.8, 4) is 11.3 Å². The Balaban J connectivity index is 2.01. The normalized spacial score (nSPS) is 14.4. The van der Waals surface area contributed by atoms with Crippen LogP contribution in [0.1, 0.15) is 33.9 Å². The third-order valence-electron chi connectivity index (χ3n) is 3.75. The maximum atomic E-state index is 5.90. The molecule has 0 aliphatic heterocycles. The van der Waals surface area contributed by atoms with E-state index in [-0.39, 0.29) is 0 Å². The topological polar surface area (TPSA) is 12.9 Å². The van der Waals surface area contributed by atoms with Crippen LogP contribution in [0.25, 0.3) is 11.3 Å². The molecule has 0 unspecified atom stereocenters. The first-order valence-electron chi connectivity index (χ1n) is 6.92. The second kappa shape index (κ2) is 5.64. The molecule has 1 heterocycles. The van der Waals surface area contributed by atoms with E-state index in [1.165, 1.54) is 47.3 Å². The van der Waals surface area contributed by atoms with E-state index in [4.69, 9.17) is 16.6 Å². The van der Waals surface area contributed by atoms with Gasteiger partial charge < -0.3 is 0 Å². The lowest BCUT2D eigenvalue weighted by atomic mass is 9.90. The number of benzene rings is 1. The van der Waals surface area contributed by atoms with Crippen molar-refractivity contribution in [3.63, 3.8) is 0 Å². The van der Waals surface area contributed by atoms with Crippen LogP contribution in [0.2, 0.25) is 0 Å². The van der Waals surface area contributed by atoms with Crippen molar-refractivity contribution in [1.29, 1.82) is 0 Å². The molecule has 1 aliphatic carbocycles. The fraction of sp³-hybridized carbons (Fsp3) is 0.438. The summed E-state index contributed by atoms with van der Waals surface area (Å²) in [6, 6.07) is 6.88. The first-order valence-corrected chi connectivity index (χ1v) is 8.27. The lowest BCUT2D eigenvalue weighted by Crippen LogP contribution is -2.02. The molecule has 1 aromatic carbocycles. The summed E-state index contributed by atoms with van der Waals surface area (Å²) >= 11 is 7.67. The summed E-state index contributed by atoms with van der Waals surface area (Å²) in [5.74, 6) is 0.666. The fourth-order valence-electron chi connectivity index (χ4n) is 2.83. The Labute approximate surface area is 123 Å². The fourth-order valence-corrected chi connectivity index (χ4v) is 4.09. The Kier molecular flexibility index (Phi) is 3.90. The Morgan fingerprint density at radius 3 is 2.79 bits per heavy atom. The number of aryl methyl sites for hydroxylation is 4. The van der Waals surface area contributed by atoms with Crippen LogP contribution in [0.5, 0.6) is 0 Å². The Bertz CT molecular complexity index is 588. The SMILES string of the molecule is Cc1nc(-c2ccc3c(c2)CCCC3)c(CCCl)s1. The van der Waals surface area contributed by atoms with Gasteiger partial charge in [-0.3, -0.25) is 0 Å². The number of nitrogens with zero attached hydrogens (tertiary/aromatic N) is 1. The van der Waals surface area contributed by atoms with Gasteiger partial charge in [0, 0.05) is 16.3 Å². The molecule has 0 amide bonds. The summed E-state index contributed by atoms with van der Waals surface area (Å²) < 4.78 is 0. The molecular weight excluding hydrogens is 274 g/mol. The van der Waals surface area contributed by atoms with Crippen molar-refractivity contribution in [2.24, 2.45) is 0 Å². The van der Waals surface area contributed by atoms with Gasteiger partial charge >= 0.3 is 0 Å². The minimum Gasteiger partial charge on any atom is -0.241 e. The molecule has 0 atom stereocenters. The van der Waals surface area contributed by atoms with E-state index in [2.05, 4.69) is 25.1 Å². The number of halogens is 1.